The van der Waals surface area contributed by atoms with Crippen LogP contribution in [0.25, 0.3) is 0 Å². The Bertz CT molecular complexity index is 392. The highest BCUT2D eigenvalue weighted by Gasteiger charge is 2.38. The minimum absolute atomic E-state index is 0.158. The zero-order valence-corrected chi connectivity index (χ0v) is 11.4. The van der Waals surface area contributed by atoms with Crippen LogP contribution in [-0.4, -0.2) is 38.0 Å². The summed E-state index contributed by atoms with van der Waals surface area (Å²) in [6, 6.07) is 0. The maximum atomic E-state index is 5.85. The van der Waals surface area contributed by atoms with E-state index in [2.05, 4.69) is 5.38 Å². The van der Waals surface area contributed by atoms with Crippen LogP contribution in [0.4, 0.5) is 0 Å². The molecule has 1 aromatic heterocycles. The van der Waals surface area contributed by atoms with E-state index in [1.165, 1.54) is 10.7 Å². The number of rotatable bonds is 4. The third-order valence-corrected chi connectivity index (χ3v) is 4.85. The molecule has 2 aliphatic heterocycles. The van der Waals surface area contributed by atoms with Crippen LogP contribution in [-0.2, 0) is 15.9 Å². The molecular weight excluding hydrogens is 248 g/mol. The molecule has 3 rings (SSSR count). The first kappa shape index (κ1) is 12.5. The molecule has 0 radical (unpaired) electrons. The van der Waals surface area contributed by atoms with Gasteiger partial charge in [0, 0.05) is 42.9 Å². The largest absolute Gasteiger partial charge is 0.381 e. The van der Waals surface area contributed by atoms with Gasteiger partial charge in [0.25, 0.3) is 0 Å². The lowest BCUT2D eigenvalue weighted by Crippen LogP contribution is -2.49. The third-order valence-electron chi connectivity index (χ3n) is 3.98. The van der Waals surface area contributed by atoms with Gasteiger partial charge in [-0.2, -0.15) is 0 Å². The van der Waals surface area contributed by atoms with Crippen LogP contribution in [0.3, 0.4) is 0 Å². The Balaban J connectivity index is 1.65. The maximum Gasteiger partial charge on any atom is 0.0936 e. The van der Waals surface area contributed by atoms with Crippen LogP contribution in [0.15, 0.2) is 5.38 Å². The van der Waals surface area contributed by atoms with Crippen molar-refractivity contribution in [3.05, 3.63) is 16.1 Å². The zero-order valence-electron chi connectivity index (χ0n) is 10.6. The minimum atomic E-state index is 0.158. The SMILES string of the molecule is NCC1(Cc2nc(C3CCOCC3)cs2)COC1. The Kier molecular flexibility index (Phi) is 3.66. The highest BCUT2D eigenvalue weighted by atomic mass is 32.1. The van der Waals surface area contributed by atoms with Crippen LogP contribution in [0, 0.1) is 5.41 Å². The van der Waals surface area contributed by atoms with Crippen molar-refractivity contribution in [3.8, 4) is 0 Å². The fourth-order valence-corrected chi connectivity index (χ4v) is 3.64. The van der Waals surface area contributed by atoms with Crippen molar-refractivity contribution in [2.45, 2.75) is 25.2 Å². The summed E-state index contributed by atoms with van der Waals surface area (Å²) in [7, 11) is 0. The smallest absolute Gasteiger partial charge is 0.0936 e. The van der Waals surface area contributed by atoms with Crippen molar-refractivity contribution in [2.24, 2.45) is 11.1 Å². The molecule has 0 spiro atoms. The average molecular weight is 268 g/mol. The van der Waals surface area contributed by atoms with Crippen LogP contribution in [0.5, 0.6) is 0 Å². The second kappa shape index (κ2) is 5.25. The second-order valence-corrected chi connectivity index (χ2v) is 6.37. The molecule has 2 aliphatic rings. The van der Waals surface area contributed by atoms with E-state index < -0.39 is 0 Å². The summed E-state index contributed by atoms with van der Waals surface area (Å²) in [4.78, 5) is 4.80. The first-order valence-electron chi connectivity index (χ1n) is 6.61. The van der Waals surface area contributed by atoms with Crippen molar-refractivity contribution in [2.75, 3.05) is 33.0 Å². The van der Waals surface area contributed by atoms with Crippen LogP contribution in [0.1, 0.15) is 29.5 Å². The fraction of sp³-hybridized carbons (Fsp3) is 0.769. The molecular formula is C13H20N2O2S. The van der Waals surface area contributed by atoms with Gasteiger partial charge < -0.3 is 15.2 Å². The Morgan fingerprint density at radius 2 is 2.11 bits per heavy atom. The minimum Gasteiger partial charge on any atom is -0.381 e. The van der Waals surface area contributed by atoms with Gasteiger partial charge in [0.1, 0.15) is 0 Å². The number of hydrogen-bond acceptors (Lipinski definition) is 5. The van der Waals surface area contributed by atoms with E-state index in [1.807, 2.05) is 0 Å². The molecule has 0 aromatic carbocycles. The summed E-state index contributed by atoms with van der Waals surface area (Å²) in [5.41, 5.74) is 7.26. The molecule has 0 aliphatic carbocycles. The Morgan fingerprint density at radius 3 is 2.72 bits per heavy atom. The van der Waals surface area contributed by atoms with Crippen molar-refractivity contribution in [1.82, 2.24) is 4.98 Å². The Hall–Kier alpha value is -0.490. The van der Waals surface area contributed by atoms with E-state index in [4.69, 9.17) is 20.2 Å². The van der Waals surface area contributed by atoms with Crippen LogP contribution < -0.4 is 5.73 Å². The summed E-state index contributed by atoms with van der Waals surface area (Å²) in [5.74, 6) is 0.593. The highest BCUT2D eigenvalue weighted by molar-refractivity contribution is 7.09. The lowest BCUT2D eigenvalue weighted by molar-refractivity contribution is -0.106. The van der Waals surface area contributed by atoms with Gasteiger partial charge in [-0.25, -0.2) is 4.98 Å². The van der Waals surface area contributed by atoms with E-state index in [0.29, 0.717) is 12.5 Å². The third kappa shape index (κ3) is 2.45. The standard InChI is InChI=1S/C13H20N2O2S/c14-7-13(8-17-9-13)5-12-15-11(6-18-12)10-1-3-16-4-2-10/h6,10H,1-5,7-9,14H2. The predicted molar refractivity (Wildman–Crippen MR) is 70.9 cm³/mol. The number of hydrogen-bond donors (Lipinski definition) is 1. The number of nitrogens with zero attached hydrogens (tertiary/aromatic N) is 1. The van der Waals surface area contributed by atoms with E-state index in [9.17, 15) is 0 Å². The molecule has 4 nitrogen and oxygen atoms in total. The average Bonchev–Trinajstić information content (AvgIpc) is 2.83. The quantitative estimate of drug-likeness (QED) is 0.900. The number of nitrogens with two attached hydrogens (primary N) is 1. The summed E-state index contributed by atoms with van der Waals surface area (Å²) in [6.45, 7) is 4.01. The van der Waals surface area contributed by atoms with E-state index in [-0.39, 0.29) is 5.41 Å². The van der Waals surface area contributed by atoms with Crippen LogP contribution in [0.2, 0.25) is 0 Å². The summed E-state index contributed by atoms with van der Waals surface area (Å²) >= 11 is 1.77. The van der Waals surface area contributed by atoms with Crippen molar-refractivity contribution >= 4 is 11.3 Å². The van der Waals surface area contributed by atoms with Gasteiger partial charge in [-0.1, -0.05) is 0 Å². The molecule has 0 unspecified atom stereocenters. The molecule has 0 bridgehead atoms. The van der Waals surface area contributed by atoms with Crippen LogP contribution >= 0.6 is 11.3 Å². The highest BCUT2D eigenvalue weighted by Crippen LogP contribution is 2.33. The molecule has 5 heteroatoms. The van der Waals surface area contributed by atoms with Crippen molar-refractivity contribution in [1.29, 1.82) is 0 Å². The molecule has 0 saturated carbocycles. The van der Waals surface area contributed by atoms with Gasteiger partial charge in [0.05, 0.1) is 23.9 Å². The van der Waals surface area contributed by atoms with E-state index in [0.717, 1.165) is 45.7 Å². The topological polar surface area (TPSA) is 57.4 Å². The summed E-state index contributed by atoms with van der Waals surface area (Å²) in [5, 5.41) is 3.43. The Labute approximate surface area is 111 Å². The normalized spacial score (nSPS) is 23.8. The van der Waals surface area contributed by atoms with Gasteiger partial charge in [0.2, 0.25) is 0 Å². The number of ether oxygens (including phenoxy) is 2. The fourth-order valence-electron chi connectivity index (χ4n) is 2.59. The first-order chi connectivity index (χ1) is 8.81. The molecule has 100 valence electrons. The Morgan fingerprint density at radius 1 is 1.33 bits per heavy atom. The van der Waals surface area contributed by atoms with Gasteiger partial charge in [0.15, 0.2) is 0 Å². The molecule has 2 fully saturated rings. The van der Waals surface area contributed by atoms with Gasteiger partial charge in [-0.3, -0.25) is 0 Å². The first-order valence-corrected chi connectivity index (χ1v) is 7.49. The predicted octanol–water partition coefficient (Wildman–Crippen LogP) is 1.55. The van der Waals surface area contributed by atoms with Crippen molar-refractivity contribution < 1.29 is 9.47 Å². The van der Waals surface area contributed by atoms with Gasteiger partial charge in [-0.05, 0) is 12.8 Å². The molecule has 3 heterocycles. The van der Waals surface area contributed by atoms with Crippen molar-refractivity contribution in [3.63, 3.8) is 0 Å². The molecule has 2 N–H and O–H groups in total. The monoisotopic (exact) mass is 268 g/mol. The molecule has 0 amide bonds. The molecule has 2 saturated heterocycles. The molecule has 18 heavy (non-hydrogen) atoms. The maximum absolute atomic E-state index is 5.85. The molecule has 0 atom stereocenters. The summed E-state index contributed by atoms with van der Waals surface area (Å²) < 4.78 is 10.7. The second-order valence-electron chi connectivity index (χ2n) is 5.43. The van der Waals surface area contributed by atoms with E-state index >= 15 is 0 Å². The lowest BCUT2D eigenvalue weighted by Gasteiger charge is -2.39. The summed E-state index contributed by atoms with van der Waals surface area (Å²) in [6.07, 6.45) is 3.18. The van der Waals surface area contributed by atoms with E-state index in [1.54, 1.807) is 11.3 Å². The lowest BCUT2D eigenvalue weighted by atomic mass is 9.83. The zero-order chi connectivity index (χ0) is 12.4. The van der Waals surface area contributed by atoms with Gasteiger partial charge >= 0.3 is 0 Å². The van der Waals surface area contributed by atoms with Gasteiger partial charge in [-0.15, -0.1) is 11.3 Å². The number of thiazole rings is 1. The number of aromatic nitrogens is 1. The molecule has 1 aromatic rings.